The maximum absolute atomic E-state index is 13.4. The Hall–Kier alpha value is -2.14. The van der Waals surface area contributed by atoms with Gasteiger partial charge in [-0.3, -0.25) is 9.36 Å². The van der Waals surface area contributed by atoms with Gasteiger partial charge in [0.1, 0.15) is 5.82 Å². The Morgan fingerprint density at radius 1 is 1.12 bits per heavy atom. The van der Waals surface area contributed by atoms with Crippen LogP contribution in [0, 0.1) is 5.82 Å². The predicted molar refractivity (Wildman–Crippen MR) is 101 cm³/mol. The van der Waals surface area contributed by atoms with E-state index in [1.165, 1.54) is 23.9 Å². The van der Waals surface area contributed by atoms with Gasteiger partial charge in [0.05, 0.1) is 10.9 Å². The summed E-state index contributed by atoms with van der Waals surface area (Å²) in [5.74, 6) is 0.334. The first kappa shape index (κ1) is 17.7. The monoisotopic (exact) mass is 356 g/mol. The molecule has 2 aromatic carbocycles. The van der Waals surface area contributed by atoms with Crippen LogP contribution < -0.4 is 5.56 Å². The number of nitrogens with zero attached hydrogens (tertiary/aromatic N) is 2. The summed E-state index contributed by atoms with van der Waals surface area (Å²) in [6.07, 6.45) is 3.12. The highest BCUT2D eigenvalue weighted by molar-refractivity contribution is 7.98. The average Bonchev–Trinajstić information content (AvgIpc) is 2.62. The zero-order valence-corrected chi connectivity index (χ0v) is 15.1. The van der Waals surface area contributed by atoms with Crippen LogP contribution >= 0.6 is 11.8 Å². The van der Waals surface area contributed by atoms with Crippen LogP contribution in [0.3, 0.4) is 0 Å². The maximum Gasteiger partial charge on any atom is 0.262 e. The molecular weight excluding hydrogens is 335 g/mol. The van der Waals surface area contributed by atoms with Gasteiger partial charge in [-0.1, -0.05) is 55.8 Å². The number of aromatic nitrogens is 2. The minimum Gasteiger partial charge on any atom is -0.287 e. The fourth-order valence-corrected chi connectivity index (χ4v) is 3.72. The smallest absolute Gasteiger partial charge is 0.262 e. The van der Waals surface area contributed by atoms with Gasteiger partial charge in [-0.05, 0) is 36.2 Å². The topological polar surface area (TPSA) is 34.9 Å². The summed E-state index contributed by atoms with van der Waals surface area (Å²) in [6.45, 7) is 2.80. The van der Waals surface area contributed by atoms with Gasteiger partial charge in [-0.25, -0.2) is 9.37 Å². The van der Waals surface area contributed by atoms with Gasteiger partial charge < -0.3 is 0 Å². The molecule has 3 nitrogen and oxygen atoms in total. The van der Waals surface area contributed by atoms with E-state index in [2.05, 4.69) is 11.9 Å². The maximum atomic E-state index is 13.4. The summed E-state index contributed by atoms with van der Waals surface area (Å²) in [5.41, 5.74) is 1.59. The summed E-state index contributed by atoms with van der Waals surface area (Å²) < 4.78 is 15.1. The molecule has 0 saturated carbocycles. The number of unbranched alkanes of at least 4 members (excludes halogenated alkanes) is 2. The highest BCUT2D eigenvalue weighted by Crippen LogP contribution is 2.23. The molecule has 25 heavy (non-hydrogen) atoms. The van der Waals surface area contributed by atoms with Crippen LogP contribution in [-0.2, 0) is 12.3 Å². The van der Waals surface area contributed by atoms with Crippen LogP contribution in [0.15, 0.2) is 58.5 Å². The molecule has 5 heteroatoms. The van der Waals surface area contributed by atoms with Gasteiger partial charge >= 0.3 is 0 Å². The van der Waals surface area contributed by atoms with Gasteiger partial charge in [0, 0.05) is 12.3 Å². The predicted octanol–water partition coefficient (Wildman–Crippen LogP) is 5.02. The highest BCUT2D eigenvalue weighted by atomic mass is 32.2. The second kappa shape index (κ2) is 8.30. The first-order valence-corrected chi connectivity index (χ1v) is 9.54. The molecule has 0 saturated heterocycles. The van der Waals surface area contributed by atoms with E-state index in [1.54, 1.807) is 10.6 Å². The van der Waals surface area contributed by atoms with Crippen molar-refractivity contribution in [1.29, 1.82) is 0 Å². The summed E-state index contributed by atoms with van der Waals surface area (Å²) in [6, 6.07) is 14.0. The molecule has 130 valence electrons. The Bertz CT molecular complexity index is 923. The van der Waals surface area contributed by atoms with E-state index in [1.807, 2.05) is 30.3 Å². The van der Waals surface area contributed by atoms with E-state index < -0.39 is 0 Å². The summed E-state index contributed by atoms with van der Waals surface area (Å²) in [7, 11) is 0. The Morgan fingerprint density at radius 2 is 1.96 bits per heavy atom. The molecule has 0 fully saturated rings. The summed E-state index contributed by atoms with van der Waals surface area (Å²) in [5, 5.41) is 1.35. The zero-order chi connectivity index (χ0) is 17.6. The van der Waals surface area contributed by atoms with Crippen molar-refractivity contribution >= 4 is 22.7 Å². The molecule has 0 aliphatic carbocycles. The molecule has 0 amide bonds. The zero-order valence-electron chi connectivity index (χ0n) is 14.2. The average molecular weight is 356 g/mol. The van der Waals surface area contributed by atoms with Crippen LogP contribution in [0.1, 0.15) is 31.7 Å². The Kier molecular flexibility index (Phi) is 5.87. The van der Waals surface area contributed by atoms with E-state index in [0.29, 0.717) is 28.4 Å². The van der Waals surface area contributed by atoms with E-state index in [9.17, 15) is 9.18 Å². The molecule has 0 unspecified atom stereocenters. The quantitative estimate of drug-likeness (QED) is 0.339. The van der Waals surface area contributed by atoms with Crippen LogP contribution in [0.2, 0.25) is 0 Å². The third-order valence-electron chi connectivity index (χ3n) is 4.07. The SMILES string of the molecule is CCCCCn1c(SCc2cccc(F)c2)nc2ccccc2c1=O. The Morgan fingerprint density at radius 3 is 2.76 bits per heavy atom. The van der Waals surface area contributed by atoms with Crippen molar-refractivity contribution in [3.05, 3.63) is 70.3 Å². The first-order valence-electron chi connectivity index (χ1n) is 8.56. The fraction of sp³-hybridized carbons (Fsp3) is 0.300. The molecule has 0 aliphatic rings. The number of rotatable bonds is 7. The van der Waals surface area contributed by atoms with E-state index in [-0.39, 0.29) is 11.4 Å². The number of hydrogen-bond acceptors (Lipinski definition) is 3. The van der Waals surface area contributed by atoms with Gasteiger partial charge in [0.15, 0.2) is 5.16 Å². The molecule has 0 radical (unpaired) electrons. The van der Waals surface area contributed by atoms with Crippen LogP contribution in [-0.4, -0.2) is 9.55 Å². The highest BCUT2D eigenvalue weighted by Gasteiger charge is 2.11. The summed E-state index contributed by atoms with van der Waals surface area (Å²) in [4.78, 5) is 17.5. The van der Waals surface area contributed by atoms with Crippen molar-refractivity contribution in [2.24, 2.45) is 0 Å². The molecule has 1 heterocycles. The van der Waals surface area contributed by atoms with Crippen molar-refractivity contribution < 1.29 is 4.39 Å². The van der Waals surface area contributed by atoms with E-state index in [0.717, 1.165) is 24.8 Å². The minimum atomic E-state index is -0.245. The number of fused-ring (bicyclic) bond motifs is 1. The van der Waals surface area contributed by atoms with Crippen molar-refractivity contribution in [1.82, 2.24) is 9.55 Å². The fourth-order valence-electron chi connectivity index (χ4n) is 2.75. The summed E-state index contributed by atoms with van der Waals surface area (Å²) >= 11 is 1.48. The number of thioether (sulfide) groups is 1. The lowest BCUT2D eigenvalue weighted by atomic mass is 10.2. The minimum absolute atomic E-state index is 0.00319. The molecule has 0 bridgehead atoms. The third-order valence-corrected chi connectivity index (χ3v) is 5.12. The van der Waals surface area contributed by atoms with Crippen molar-refractivity contribution in [3.8, 4) is 0 Å². The first-order chi connectivity index (χ1) is 12.2. The molecular formula is C20H21FN2OS. The van der Waals surface area contributed by atoms with Crippen LogP contribution in [0.5, 0.6) is 0 Å². The molecule has 1 aromatic heterocycles. The Labute approximate surface area is 150 Å². The van der Waals surface area contributed by atoms with Crippen LogP contribution in [0.4, 0.5) is 4.39 Å². The van der Waals surface area contributed by atoms with E-state index in [4.69, 9.17) is 0 Å². The van der Waals surface area contributed by atoms with E-state index >= 15 is 0 Å². The van der Waals surface area contributed by atoms with Gasteiger partial charge in [0.2, 0.25) is 0 Å². The molecule has 0 N–H and O–H groups in total. The molecule has 3 rings (SSSR count). The molecule has 0 atom stereocenters. The third kappa shape index (κ3) is 4.28. The lowest BCUT2D eigenvalue weighted by molar-refractivity contribution is 0.541. The lowest BCUT2D eigenvalue weighted by Gasteiger charge is -2.13. The van der Waals surface area contributed by atoms with Crippen molar-refractivity contribution in [2.45, 2.75) is 43.6 Å². The standard InChI is InChI=1S/C20H21FN2OS/c1-2-3-6-12-23-19(24)17-10-4-5-11-18(17)22-20(23)25-14-15-8-7-9-16(21)13-15/h4-5,7-11,13H,2-3,6,12,14H2,1H3. The number of benzene rings is 2. The second-order valence-electron chi connectivity index (χ2n) is 5.99. The van der Waals surface area contributed by atoms with Gasteiger partial charge in [0.25, 0.3) is 5.56 Å². The van der Waals surface area contributed by atoms with Crippen molar-refractivity contribution in [3.63, 3.8) is 0 Å². The number of halogens is 1. The lowest BCUT2D eigenvalue weighted by Crippen LogP contribution is -2.23. The molecule has 3 aromatic rings. The molecule has 0 spiro atoms. The van der Waals surface area contributed by atoms with Gasteiger partial charge in [-0.15, -0.1) is 0 Å². The van der Waals surface area contributed by atoms with Gasteiger partial charge in [-0.2, -0.15) is 0 Å². The van der Waals surface area contributed by atoms with Crippen molar-refractivity contribution in [2.75, 3.05) is 0 Å². The number of hydrogen-bond donors (Lipinski definition) is 0. The largest absolute Gasteiger partial charge is 0.287 e. The van der Waals surface area contributed by atoms with Crippen LogP contribution in [0.25, 0.3) is 10.9 Å². The second-order valence-corrected chi connectivity index (χ2v) is 6.94. The normalized spacial score (nSPS) is 11.1. The number of para-hydroxylation sites is 1. The Balaban J connectivity index is 1.93. The molecule has 0 aliphatic heterocycles.